The van der Waals surface area contributed by atoms with Gasteiger partial charge in [0.25, 0.3) is 0 Å². The first-order valence-electron chi connectivity index (χ1n) is 4.19. The van der Waals surface area contributed by atoms with E-state index < -0.39 is 12.0 Å². The predicted molar refractivity (Wildman–Crippen MR) is 43.3 cm³/mol. The van der Waals surface area contributed by atoms with Crippen molar-refractivity contribution in [1.82, 2.24) is 5.06 Å². The molecule has 0 spiro atoms. The zero-order chi connectivity index (χ0) is 8.97. The summed E-state index contributed by atoms with van der Waals surface area (Å²) >= 11 is 0. The van der Waals surface area contributed by atoms with E-state index >= 15 is 0 Å². The van der Waals surface area contributed by atoms with Crippen LogP contribution in [-0.2, 0) is 9.63 Å². The second-order valence-corrected chi connectivity index (χ2v) is 2.73. The standard InChI is InChI=1S/C8H14NO3/c1-2-12-9-6-4-3-5-7(9)8(10)11/h3,7H,2,4-6H2,1H3,(H,10,11). The lowest BCUT2D eigenvalue weighted by molar-refractivity contribution is -0.201. The van der Waals surface area contributed by atoms with Gasteiger partial charge in [-0.25, -0.2) is 0 Å². The Morgan fingerprint density at radius 3 is 3.17 bits per heavy atom. The SMILES string of the molecule is CCON1CC[CH]CC1C(=O)O. The van der Waals surface area contributed by atoms with Crippen LogP contribution < -0.4 is 0 Å². The molecule has 1 aliphatic rings. The van der Waals surface area contributed by atoms with Crippen molar-refractivity contribution < 1.29 is 14.7 Å². The van der Waals surface area contributed by atoms with Crippen LogP contribution in [0.5, 0.6) is 0 Å². The summed E-state index contributed by atoms with van der Waals surface area (Å²) in [6.07, 6.45) is 3.48. The minimum absolute atomic E-state index is 0.487. The van der Waals surface area contributed by atoms with Crippen LogP contribution in [-0.4, -0.2) is 35.3 Å². The van der Waals surface area contributed by atoms with E-state index in [4.69, 9.17) is 9.94 Å². The molecule has 4 heteroatoms. The maximum atomic E-state index is 10.7. The normalized spacial score (nSPS) is 25.6. The fourth-order valence-corrected chi connectivity index (χ4v) is 1.31. The predicted octanol–water partition coefficient (Wildman–Crippen LogP) is 0.691. The van der Waals surface area contributed by atoms with Crippen LogP contribution in [0.3, 0.4) is 0 Å². The Balaban J connectivity index is 2.48. The lowest BCUT2D eigenvalue weighted by Gasteiger charge is -2.31. The van der Waals surface area contributed by atoms with E-state index in [9.17, 15) is 4.79 Å². The number of carboxylic acids is 1. The number of hydrogen-bond donors (Lipinski definition) is 1. The van der Waals surface area contributed by atoms with Crippen LogP contribution in [0.1, 0.15) is 19.8 Å². The minimum atomic E-state index is -0.806. The van der Waals surface area contributed by atoms with Crippen molar-refractivity contribution in [2.24, 2.45) is 0 Å². The Morgan fingerprint density at radius 2 is 2.58 bits per heavy atom. The van der Waals surface area contributed by atoms with Crippen molar-refractivity contribution in [2.45, 2.75) is 25.8 Å². The number of carbonyl (C=O) groups is 1. The van der Waals surface area contributed by atoms with Crippen molar-refractivity contribution in [2.75, 3.05) is 13.2 Å². The number of aliphatic carboxylic acids is 1. The fourth-order valence-electron chi connectivity index (χ4n) is 1.31. The molecule has 0 aromatic rings. The number of hydrogen-bond acceptors (Lipinski definition) is 3. The summed E-state index contributed by atoms with van der Waals surface area (Å²) < 4.78 is 0. The zero-order valence-electron chi connectivity index (χ0n) is 7.19. The van der Waals surface area contributed by atoms with Gasteiger partial charge in [-0.2, -0.15) is 5.06 Å². The molecule has 0 amide bonds. The third-order valence-electron chi connectivity index (χ3n) is 1.87. The van der Waals surface area contributed by atoms with Crippen LogP contribution in [0.25, 0.3) is 0 Å². The van der Waals surface area contributed by atoms with Crippen molar-refractivity contribution in [3.05, 3.63) is 6.42 Å². The summed E-state index contributed by atoms with van der Waals surface area (Å²) in [5, 5.41) is 10.4. The van der Waals surface area contributed by atoms with Crippen LogP contribution in [0, 0.1) is 6.42 Å². The average molecular weight is 172 g/mol. The van der Waals surface area contributed by atoms with Gasteiger partial charge in [-0.05, 0) is 26.2 Å². The molecule has 1 aliphatic heterocycles. The van der Waals surface area contributed by atoms with E-state index in [1.807, 2.05) is 13.3 Å². The lowest BCUT2D eigenvalue weighted by atomic mass is 10.1. The Labute approximate surface area is 72.1 Å². The molecule has 1 unspecified atom stereocenters. The highest BCUT2D eigenvalue weighted by Crippen LogP contribution is 2.16. The molecule has 1 atom stereocenters. The van der Waals surface area contributed by atoms with Crippen LogP contribution in [0.2, 0.25) is 0 Å². The molecule has 4 nitrogen and oxygen atoms in total. The van der Waals surface area contributed by atoms with Gasteiger partial charge in [-0.15, -0.1) is 0 Å². The highest BCUT2D eigenvalue weighted by Gasteiger charge is 2.28. The lowest BCUT2D eigenvalue weighted by Crippen LogP contribution is -2.44. The summed E-state index contributed by atoms with van der Waals surface area (Å²) in [6.45, 7) is 3.08. The molecule has 1 N–H and O–H groups in total. The molecular weight excluding hydrogens is 158 g/mol. The number of nitrogens with zero attached hydrogens (tertiary/aromatic N) is 1. The van der Waals surface area contributed by atoms with Gasteiger partial charge in [0.2, 0.25) is 0 Å². The molecule has 1 saturated heterocycles. The minimum Gasteiger partial charge on any atom is -0.480 e. The van der Waals surface area contributed by atoms with E-state index in [1.165, 1.54) is 0 Å². The number of carboxylic acid groups (broad SMARTS) is 1. The highest BCUT2D eigenvalue weighted by atomic mass is 16.7. The largest absolute Gasteiger partial charge is 0.480 e. The van der Waals surface area contributed by atoms with Gasteiger partial charge in [-0.3, -0.25) is 9.63 Å². The highest BCUT2D eigenvalue weighted by molar-refractivity contribution is 5.73. The van der Waals surface area contributed by atoms with E-state index in [0.717, 1.165) is 6.42 Å². The molecule has 1 fully saturated rings. The Bertz CT molecular complexity index is 158. The van der Waals surface area contributed by atoms with Gasteiger partial charge in [0.05, 0.1) is 6.61 Å². The molecule has 0 aromatic heterocycles. The summed E-state index contributed by atoms with van der Waals surface area (Å²) in [5.74, 6) is -0.806. The summed E-state index contributed by atoms with van der Waals surface area (Å²) in [7, 11) is 0. The Hall–Kier alpha value is -0.610. The quantitative estimate of drug-likeness (QED) is 0.680. The van der Waals surface area contributed by atoms with Crippen LogP contribution >= 0.6 is 0 Å². The molecule has 1 radical (unpaired) electrons. The van der Waals surface area contributed by atoms with Crippen molar-refractivity contribution in [3.8, 4) is 0 Å². The topological polar surface area (TPSA) is 49.8 Å². The monoisotopic (exact) mass is 172 g/mol. The van der Waals surface area contributed by atoms with E-state index in [-0.39, 0.29) is 0 Å². The molecule has 0 saturated carbocycles. The van der Waals surface area contributed by atoms with Crippen molar-refractivity contribution in [3.63, 3.8) is 0 Å². The molecule has 0 aliphatic carbocycles. The fraction of sp³-hybridized carbons (Fsp3) is 0.750. The van der Waals surface area contributed by atoms with Gasteiger partial charge < -0.3 is 5.11 Å². The third-order valence-corrected chi connectivity index (χ3v) is 1.87. The molecule has 12 heavy (non-hydrogen) atoms. The number of piperidine rings is 1. The Morgan fingerprint density at radius 1 is 1.83 bits per heavy atom. The third kappa shape index (κ3) is 2.19. The summed E-state index contributed by atoms with van der Waals surface area (Å²) in [5.41, 5.74) is 0. The maximum Gasteiger partial charge on any atom is 0.323 e. The first kappa shape index (κ1) is 9.48. The van der Waals surface area contributed by atoms with E-state index in [0.29, 0.717) is 19.6 Å². The Kier molecular flexibility index (Phi) is 3.49. The van der Waals surface area contributed by atoms with Gasteiger partial charge in [0.15, 0.2) is 0 Å². The molecule has 0 bridgehead atoms. The van der Waals surface area contributed by atoms with Gasteiger partial charge in [-0.1, -0.05) is 0 Å². The number of rotatable bonds is 3. The molecular formula is C8H14NO3. The van der Waals surface area contributed by atoms with Gasteiger partial charge >= 0.3 is 5.97 Å². The summed E-state index contributed by atoms with van der Waals surface area (Å²) in [4.78, 5) is 15.9. The molecule has 1 rings (SSSR count). The number of hydroxylamine groups is 2. The van der Waals surface area contributed by atoms with Gasteiger partial charge in [0.1, 0.15) is 6.04 Å². The van der Waals surface area contributed by atoms with Gasteiger partial charge in [0, 0.05) is 6.54 Å². The second kappa shape index (κ2) is 4.42. The molecule has 0 aromatic carbocycles. The first-order chi connectivity index (χ1) is 5.75. The zero-order valence-corrected chi connectivity index (χ0v) is 7.19. The van der Waals surface area contributed by atoms with E-state index in [1.54, 1.807) is 5.06 Å². The average Bonchev–Trinajstić information content (AvgIpc) is 2.05. The van der Waals surface area contributed by atoms with Crippen LogP contribution in [0.15, 0.2) is 0 Å². The first-order valence-corrected chi connectivity index (χ1v) is 4.19. The maximum absolute atomic E-state index is 10.7. The van der Waals surface area contributed by atoms with Crippen molar-refractivity contribution >= 4 is 5.97 Å². The molecule has 1 heterocycles. The second-order valence-electron chi connectivity index (χ2n) is 2.73. The smallest absolute Gasteiger partial charge is 0.323 e. The molecule has 69 valence electrons. The van der Waals surface area contributed by atoms with E-state index in [2.05, 4.69) is 0 Å². The van der Waals surface area contributed by atoms with Crippen LogP contribution in [0.4, 0.5) is 0 Å². The summed E-state index contributed by atoms with van der Waals surface area (Å²) in [6, 6.07) is -0.487. The van der Waals surface area contributed by atoms with Crippen molar-refractivity contribution in [1.29, 1.82) is 0 Å².